The standard InChI is InChI=1S/C9H12F3NO3S/c1-13-6-2-3-7(13)5-8(4-6)16-17(14,15)9(10,11)12/h4,7-8H,2-3,5H2,1H3. The highest BCUT2D eigenvalue weighted by Gasteiger charge is 2.49. The van der Waals surface area contributed by atoms with Gasteiger partial charge >= 0.3 is 15.6 Å². The van der Waals surface area contributed by atoms with Crippen molar-refractivity contribution >= 4 is 10.1 Å². The number of alkyl halides is 3. The first kappa shape index (κ1) is 12.7. The molecule has 0 aliphatic carbocycles. The second kappa shape index (κ2) is 3.88. The number of rotatable bonds is 2. The van der Waals surface area contributed by atoms with E-state index in [4.69, 9.17) is 0 Å². The van der Waals surface area contributed by atoms with Crippen LogP contribution >= 0.6 is 0 Å². The summed E-state index contributed by atoms with van der Waals surface area (Å²) in [6.45, 7) is 0. The molecule has 2 rings (SSSR count). The van der Waals surface area contributed by atoms with E-state index in [0.29, 0.717) is 0 Å². The number of allylic oxidation sites excluding steroid dienone is 1. The Labute approximate surface area is 97.2 Å². The fourth-order valence-corrected chi connectivity index (χ4v) is 2.80. The summed E-state index contributed by atoms with van der Waals surface area (Å²) >= 11 is 0. The molecular weight excluding hydrogens is 259 g/mol. The molecular formula is C9H12F3NO3S. The molecule has 8 heteroatoms. The fraction of sp³-hybridized carbons (Fsp3) is 0.778. The van der Waals surface area contributed by atoms with Crippen molar-refractivity contribution in [3.63, 3.8) is 0 Å². The van der Waals surface area contributed by atoms with Crippen molar-refractivity contribution in [1.82, 2.24) is 4.90 Å². The van der Waals surface area contributed by atoms with Gasteiger partial charge in [-0.2, -0.15) is 21.6 Å². The first-order chi connectivity index (χ1) is 7.71. The molecule has 0 amide bonds. The van der Waals surface area contributed by atoms with Gasteiger partial charge in [-0.15, -0.1) is 0 Å². The first-order valence-electron chi connectivity index (χ1n) is 5.14. The van der Waals surface area contributed by atoms with Gasteiger partial charge in [0, 0.05) is 18.8 Å². The molecule has 2 aliphatic rings. The molecule has 0 aromatic carbocycles. The van der Waals surface area contributed by atoms with Crippen molar-refractivity contribution in [3.8, 4) is 0 Å². The number of hydrogen-bond donors (Lipinski definition) is 0. The molecule has 0 aromatic heterocycles. The summed E-state index contributed by atoms with van der Waals surface area (Å²) in [5.74, 6) is 0. The van der Waals surface area contributed by atoms with E-state index in [2.05, 4.69) is 4.18 Å². The summed E-state index contributed by atoms with van der Waals surface area (Å²) in [5, 5.41) is 0. The Morgan fingerprint density at radius 1 is 1.47 bits per heavy atom. The second-order valence-electron chi connectivity index (χ2n) is 4.23. The largest absolute Gasteiger partial charge is 0.523 e. The minimum absolute atomic E-state index is 0.0726. The van der Waals surface area contributed by atoms with Crippen LogP contribution in [0.25, 0.3) is 0 Å². The molecule has 1 fully saturated rings. The van der Waals surface area contributed by atoms with Crippen molar-refractivity contribution in [2.75, 3.05) is 7.05 Å². The predicted molar refractivity (Wildman–Crippen MR) is 53.3 cm³/mol. The topological polar surface area (TPSA) is 46.6 Å². The average Bonchev–Trinajstić information content (AvgIpc) is 2.42. The lowest BCUT2D eigenvalue weighted by Gasteiger charge is -2.30. The molecule has 0 aromatic rings. The van der Waals surface area contributed by atoms with Gasteiger partial charge in [0.25, 0.3) is 0 Å². The number of nitrogens with zero attached hydrogens (tertiary/aromatic N) is 1. The molecule has 4 nitrogen and oxygen atoms in total. The molecule has 2 bridgehead atoms. The maximum Gasteiger partial charge on any atom is 0.523 e. The summed E-state index contributed by atoms with van der Waals surface area (Å²) in [4.78, 5) is 1.96. The summed E-state index contributed by atoms with van der Waals surface area (Å²) in [7, 11) is -3.65. The molecule has 17 heavy (non-hydrogen) atoms. The minimum atomic E-state index is -5.50. The first-order valence-corrected chi connectivity index (χ1v) is 6.54. The van der Waals surface area contributed by atoms with E-state index < -0.39 is 21.7 Å². The lowest BCUT2D eigenvalue weighted by Crippen LogP contribution is -2.37. The van der Waals surface area contributed by atoms with Crippen LogP contribution in [0.3, 0.4) is 0 Å². The van der Waals surface area contributed by atoms with Crippen molar-refractivity contribution in [1.29, 1.82) is 0 Å². The van der Waals surface area contributed by atoms with E-state index in [1.54, 1.807) is 0 Å². The maximum absolute atomic E-state index is 12.1. The normalized spacial score (nSPS) is 29.4. The van der Waals surface area contributed by atoms with Crippen LogP contribution in [0.2, 0.25) is 0 Å². The predicted octanol–water partition coefficient (Wildman–Crippen LogP) is 1.60. The van der Waals surface area contributed by atoms with Crippen molar-refractivity contribution in [2.24, 2.45) is 0 Å². The highest BCUT2D eigenvalue weighted by molar-refractivity contribution is 7.87. The third-order valence-electron chi connectivity index (χ3n) is 3.15. The highest BCUT2D eigenvalue weighted by atomic mass is 32.2. The van der Waals surface area contributed by atoms with E-state index >= 15 is 0 Å². The van der Waals surface area contributed by atoms with Crippen molar-refractivity contribution in [3.05, 3.63) is 11.8 Å². The molecule has 2 unspecified atom stereocenters. The van der Waals surface area contributed by atoms with Crippen molar-refractivity contribution < 1.29 is 25.8 Å². The van der Waals surface area contributed by atoms with Gasteiger partial charge in [-0.3, -0.25) is 4.18 Å². The Hall–Kier alpha value is -0.760. The van der Waals surface area contributed by atoms with E-state index in [9.17, 15) is 21.6 Å². The molecule has 2 heterocycles. The van der Waals surface area contributed by atoms with Gasteiger partial charge < -0.3 is 4.90 Å². The molecule has 0 spiro atoms. The van der Waals surface area contributed by atoms with Crippen molar-refractivity contribution in [2.45, 2.75) is 36.9 Å². The molecule has 1 saturated heterocycles. The number of halogens is 3. The lowest BCUT2D eigenvalue weighted by atomic mass is 10.1. The van der Waals surface area contributed by atoms with Crippen LogP contribution in [-0.2, 0) is 14.3 Å². The Morgan fingerprint density at radius 2 is 2.12 bits per heavy atom. The third kappa shape index (κ3) is 2.28. The van der Waals surface area contributed by atoms with Crippen LogP contribution in [-0.4, -0.2) is 38.0 Å². The molecule has 2 aliphatic heterocycles. The molecule has 0 radical (unpaired) electrons. The maximum atomic E-state index is 12.1. The number of fused-ring (bicyclic) bond motifs is 2. The minimum Gasteiger partial charge on any atom is -0.375 e. The second-order valence-corrected chi connectivity index (χ2v) is 5.80. The van der Waals surface area contributed by atoms with Gasteiger partial charge in [0.2, 0.25) is 0 Å². The molecule has 0 N–H and O–H groups in total. The van der Waals surface area contributed by atoms with Gasteiger partial charge in [0.1, 0.15) is 0 Å². The monoisotopic (exact) mass is 271 g/mol. The lowest BCUT2D eigenvalue weighted by molar-refractivity contribution is -0.0568. The zero-order valence-electron chi connectivity index (χ0n) is 9.07. The Morgan fingerprint density at radius 3 is 2.65 bits per heavy atom. The zero-order valence-corrected chi connectivity index (χ0v) is 9.88. The van der Waals surface area contributed by atoms with Gasteiger partial charge in [-0.25, -0.2) is 0 Å². The van der Waals surface area contributed by atoms with E-state index in [-0.39, 0.29) is 12.5 Å². The zero-order chi connectivity index (χ0) is 12.8. The Balaban J connectivity index is 2.13. The summed E-state index contributed by atoms with van der Waals surface area (Å²) in [5.41, 5.74) is -4.50. The highest BCUT2D eigenvalue weighted by Crippen LogP contribution is 2.36. The quantitative estimate of drug-likeness (QED) is 0.565. The van der Waals surface area contributed by atoms with Gasteiger partial charge in [-0.1, -0.05) is 0 Å². The third-order valence-corrected chi connectivity index (χ3v) is 4.22. The Kier molecular flexibility index (Phi) is 2.89. The van der Waals surface area contributed by atoms with Gasteiger partial charge in [-0.05, 0) is 25.3 Å². The smallest absolute Gasteiger partial charge is 0.375 e. The van der Waals surface area contributed by atoms with E-state index in [0.717, 1.165) is 18.5 Å². The molecule has 2 atom stereocenters. The summed E-state index contributed by atoms with van der Waals surface area (Å²) in [6.07, 6.45) is 2.32. The van der Waals surface area contributed by atoms with Crippen LogP contribution in [0.4, 0.5) is 13.2 Å². The van der Waals surface area contributed by atoms with Crippen LogP contribution < -0.4 is 0 Å². The summed E-state index contributed by atoms with van der Waals surface area (Å²) in [6, 6.07) is 0.0726. The van der Waals surface area contributed by atoms with E-state index in [1.165, 1.54) is 6.08 Å². The molecule has 0 saturated carbocycles. The molecule has 98 valence electrons. The number of hydrogen-bond acceptors (Lipinski definition) is 4. The SMILES string of the molecule is CN1C2=CC(OS(=O)(=O)C(F)(F)F)CC1CC2. The summed E-state index contributed by atoms with van der Waals surface area (Å²) < 4.78 is 62.3. The van der Waals surface area contributed by atoms with Crippen LogP contribution in [0.15, 0.2) is 11.8 Å². The van der Waals surface area contributed by atoms with Crippen LogP contribution in [0.5, 0.6) is 0 Å². The Bertz CT molecular complexity index is 443. The fourth-order valence-electron chi connectivity index (χ4n) is 2.23. The van der Waals surface area contributed by atoms with E-state index in [1.807, 2.05) is 11.9 Å². The van der Waals surface area contributed by atoms with Gasteiger partial charge in [0.05, 0.1) is 6.10 Å². The van der Waals surface area contributed by atoms with Crippen LogP contribution in [0.1, 0.15) is 19.3 Å². The van der Waals surface area contributed by atoms with Gasteiger partial charge in [0.15, 0.2) is 0 Å². The average molecular weight is 271 g/mol. The van der Waals surface area contributed by atoms with Crippen LogP contribution in [0, 0.1) is 0 Å².